The lowest BCUT2D eigenvalue weighted by Crippen LogP contribution is -2.13. The number of amidine groups is 1. The molecule has 0 spiro atoms. The first-order chi connectivity index (χ1) is 10.2. The Kier molecular flexibility index (Phi) is 8.42. The van der Waals surface area contributed by atoms with E-state index in [0.717, 1.165) is 12.0 Å². The number of nitrogens with two attached hydrogens (primary N) is 1. The predicted molar refractivity (Wildman–Crippen MR) is 81.0 cm³/mol. The van der Waals surface area contributed by atoms with Crippen LogP contribution in [0.15, 0.2) is 18.2 Å². The molecule has 0 bridgehead atoms. The normalized spacial score (nSPS) is 10.6. The minimum Gasteiger partial charge on any atom is -0.496 e. The first-order valence-corrected chi connectivity index (χ1v) is 6.84. The van der Waals surface area contributed by atoms with Crippen LogP contribution in [-0.2, 0) is 20.8 Å². The molecule has 0 radical (unpaired) electrons. The predicted octanol–water partition coefficient (Wildman–Crippen LogP) is 1.55. The summed E-state index contributed by atoms with van der Waals surface area (Å²) in [4.78, 5) is 0. The number of methoxy groups -OCH3 is 2. The van der Waals surface area contributed by atoms with Gasteiger partial charge in [0.15, 0.2) is 0 Å². The van der Waals surface area contributed by atoms with Crippen LogP contribution in [-0.4, -0.2) is 46.5 Å². The molecule has 0 heterocycles. The lowest BCUT2D eigenvalue weighted by Gasteiger charge is -2.10. The van der Waals surface area contributed by atoms with Crippen LogP contribution >= 0.6 is 0 Å². The average Bonchev–Trinajstić information content (AvgIpc) is 2.49. The number of benzene rings is 1. The van der Waals surface area contributed by atoms with Crippen molar-refractivity contribution in [2.24, 2.45) is 5.73 Å². The molecule has 1 rings (SSSR count). The van der Waals surface area contributed by atoms with Crippen molar-refractivity contribution in [1.82, 2.24) is 0 Å². The van der Waals surface area contributed by atoms with Gasteiger partial charge in [-0.15, -0.1) is 0 Å². The van der Waals surface area contributed by atoms with Gasteiger partial charge in [-0.25, -0.2) is 0 Å². The van der Waals surface area contributed by atoms with E-state index in [1.54, 1.807) is 20.3 Å². The summed E-state index contributed by atoms with van der Waals surface area (Å²) in [5.74, 6) is 0.572. The van der Waals surface area contributed by atoms with Crippen molar-refractivity contribution in [3.8, 4) is 5.75 Å². The van der Waals surface area contributed by atoms with Crippen molar-refractivity contribution in [2.45, 2.75) is 13.0 Å². The van der Waals surface area contributed by atoms with E-state index in [1.807, 2.05) is 12.1 Å². The van der Waals surface area contributed by atoms with Gasteiger partial charge in [0.1, 0.15) is 11.6 Å². The van der Waals surface area contributed by atoms with Crippen LogP contribution in [0.4, 0.5) is 0 Å². The van der Waals surface area contributed by atoms with Gasteiger partial charge >= 0.3 is 0 Å². The molecule has 0 saturated carbocycles. The Hall–Kier alpha value is -1.63. The zero-order valence-electron chi connectivity index (χ0n) is 12.7. The summed E-state index contributed by atoms with van der Waals surface area (Å²) in [6, 6.07) is 5.47. The van der Waals surface area contributed by atoms with Gasteiger partial charge in [-0.3, -0.25) is 5.41 Å². The molecule has 118 valence electrons. The molecule has 0 atom stereocenters. The molecule has 0 fully saturated rings. The average molecular weight is 296 g/mol. The smallest absolute Gasteiger partial charge is 0.130 e. The fourth-order valence-electron chi connectivity index (χ4n) is 1.76. The summed E-state index contributed by atoms with van der Waals surface area (Å²) in [5, 5.41) is 7.45. The van der Waals surface area contributed by atoms with Crippen LogP contribution in [0, 0.1) is 5.41 Å². The maximum Gasteiger partial charge on any atom is 0.130 e. The molecule has 0 aliphatic carbocycles. The highest BCUT2D eigenvalue weighted by molar-refractivity contribution is 5.97. The van der Waals surface area contributed by atoms with E-state index in [-0.39, 0.29) is 5.84 Å². The number of hydrogen-bond donors (Lipinski definition) is 2. The van der Waals surface area contributed by atoms with Gasteiger partial charge in [-0.2, -0.15) is 0 Å². The monoisotopic (exact) mass is 296 g/mol. The van der Waals surface area contributed by atoms with Crippen molar-refractivity contribution in [3.05, 3.63) is 29.3 Å². The zero-order chi connectivity index (χ0) is 15.5. The van der Waals surface area contributed by atoms with Crippen molar-refractivity contribution < 1.29 is 18.9 Å². The van der Waals surface area contributed by atoms with Crippen LogP contribution in [0.3, 0.4) is 0 Å². The lowest BCUT2D eigenvalue weighted by molar-refractivity contribution is 0.0336. The molecule has 21 heavy (non-hydrogen) atoms. The third-order valence-corrected chi connectivity index (χ3v) is 2.83. The highest BCUT2D eigenvalue weighted by atomic mass is 16.5. The van der Waals surface area contributed by atoms with Gasteiger partial charge in [0.05, 0.1) is 32.5 Å². The van der Waals surface area contributed by atoms with E-state index in [2.05, 4.69) is 0 Å². The standard InChI is InChI=1S/C15H24N2O4/c1-18-6-3-7-20-8-9-21-11-12-4-5-13(15(16)17)14(10-12)19-2/h4-5,10H,3,6-9,11H2,1-2H3,(H3,16,17). The van der Waals surface area contributed by atoms with Crippen LogP contribution < -0.4 is 10.5 Å². The molecule has 3 N–H and O–H groups in total. The maximum atomic E-state index is 7.45. The van der Waals surface area contributed by atoms with Crippen LogP contribution in [0.5, 0.6) is 5.75 Å². The molecule has 0 saturated heterocycles. The Balaban J connectivity index is 2.28. The Bertz CT molecular complexity index is 438. The number of nitrogen functional groups attached to an aromatic ring is 1. The minimum absolute atomic E-state index is 0.0104. The third-order valence-electron chi connectivity index (χ3n) is 2.83. The molecule has 0 amide bonds. The third kappa shape index (κ3) is 6.57. The van der Waals surface area contributed by atoms with E-state index >= 15 is 0 Å². The summed E-state index contributed by atoms with van der Waals surface area (Å²) in [6.07, 6.45) is 0.889. The molecule has 0 aliphatic rings. The first kappa shape index (κ1) is 17.4. The minimum atomic E-state index is -0.0104. The number of nitrogens with one attached hydrogen (secondary N) is 1. The molecule has 0 unspecified atom stereocenters. The second kappa shape index (κ2) is 10.1. The first-order valence-electron chi connectivity index (χ1n) is 6.84. The number of hydrogen-bond acceptors (Lipinski definition) is 5. The molecule has 6 heteroatoms. The van der Waals surface area contributed by atoms with Gasteiger partial charge in [0, 0.05) is 20.3 Å². The quantitative estimate of drug-likeness (QED) is 0.367. The lowest BCUT2D eigenvalue weighted by atomic mass is 10.1. The highest BCUT2D eigenvalue weighted by Crippen LogP contribution is 2.20. The molecular formula is C15H24N2O4. The van der Waals surface area contributed by atoms with Crippen molar-refractivity contribution in [2.75, 3.05) is 40.6 Å². The SMILES string of the molecule is COCCCOCCOCc1ccc(C(=N)N)c(OC)c1. The van der Waals surface area contributed by atoms with E-state index in [9.17, 15) is 0 Å². The molecule has 0 aliphatic heterocycles. The maximum absolute atomic E-state index is 7.45. The Morgan fingerprint density at radius 1 is 1.10 bits per heavy atom. The van der Waals surface area contributed by atoms with Gasteiger partial charge in [-0.1, -0.05) is 6.07 Å². The number of rotatable bonds is 11. The molecule has 1 aromatic carbocycles. The largest absolute Gasteiger partial charge is 0.496 e. The summed E-state index contributed by atoms with van der Waals surface area (Å²) in [6.45, 7) is 2.95. The van der Waals surface area contributed by atoms with Gasteiger partial charge in [-0.05, 0) is 24.1 Å². The summed E-state index contributed by atoms with van der Waals surface area (Å²) in [7, 11) is 3.23. The summed E-state index contributed by atoms with van der Waals surface area (Å²) >= 11 is 0. The van der Waals surface area contributed by atoms with Gasteiger partial charge in [0.2, 0.25) is 0 Å². The molecule has 6 nitrogen and oxygen atoms in total. The van der Waals surface area contributed by atoms with E-state index in [0.29, 0.717) is 44.3 Å². The van der Waals surface area contributed by atoms with Gasteiger partial charge < -0.3 is 24.7 Å². The second-order valence-electron chi connectivity index (χ2n) is 4.46. The fraction of sp³-hybridized carbons (Fsp3) is 0.533. The molecular weight excluding hydrogens is 272 g/mol. The second-order valence-corrected chi connectivity index (χ2v) is 4.46. The molecule has 0 aromatic heterocycles. The topological polar surface area (TPSA) is 86.8 Å². The van der Waals surface area contributed by atoms with Crippen molar-refractivity contribution >= 4 is 5.84 Å². The van der Waals surface area contributed by atoms with Crippen molar-refractivity contribution in [3.63, 3.8) is 0 Å². The van der Waals surface area contributed by atoms with E-state index in [4.69, 9.17) is 30.1 Å². The summed E-state index contributed by atoms with van der Waals surface area (Å²) in [5.41, 5.74) is 7.03. The molecule has 1 aromatic rings. The zero-order valence-corrected chi connectivity index (χ0v) is 12.7. The fourth-order valence-corrected chi connectivity index (χ4v) is 1.76. The Labute approximate surface area is 125 Å². The number of ether oxygens (including phenoxy) is 4. The summed E-state index contributed by atoms with van der Waals surface area (Å²) < 4.78 is 21.1. The van der Waals surface area contributed by atoms with Crippen LogP contribution in [0.2, 0.25) is 0 Å². The van der Waals surface area contributed by atoms with Crippen LogP contribution in [0.25, 0.3) is 0 Å². The Morgan fingerprint density at radius 2 is 1.86 bits per heavy atom. The van der Waals surface area contributed by atoms with Crippen LogP contribution in [0.1, 0.15) is 17.5 Å². The van der Waals surface area contributed by atoms with E-state index in [1.165, 1.54) is 0 Å². The Morgan fingerprint density at radius 3 is 2.52 bits per heavy atom. The van der Waals surface area contributed by atoms with E-state index < -0.39 is 0 Å². The van der Waals surface area contributed by atoms with Crippen molar-refractivity contribution in [1.29, 1.82) is 5.41 Å². The van der Waals surface area contributed by atoms with Gasteiger partial charge in [0.25, 0.3) is 0 Å². The highest BCUT2D eigenvalue weighted by Gasteiger charge is 2.07.